The molecule has 0 fully saturated rings. The van der Waals surface area contributed by atoms with E-state index in [-0.39, 0.29) is 23.8 Å². The number of ether oxygens (including phenoxy) is 4. The first-order valence-electron chi connectivity index (χ1n) is 9.32. The maximum atomic E-state index is 12.5. The molecule has 9 nitrogen and oxygen atoms in total. The average molecular weight is 415 g/mol. The van der Waals surface area contributed by atoms with Gasteiger partial charge in [-0.25, -0.2) is 9.59 Å². The second-order valence-corrected chi connectivity index (χ2v) is 6.73. The quantitative estimate of drug-likeness (QED) is 0.384. The third kappa shape index (κ3) is 4.51. The highest BCUT2D eigenvalue weighted by Gasteiger charge is 2.23. The number of esters is 2. The van der Waals surface area contributed by atoms with Crippen LogP contribution in [0.1, 0.15) is 45.7 Å². The number of benzene rings is 2. The average Bonchev–Trinajstić information content (AvgIpc) is 3.09. The van der Waals surface area contributed by atoms with Gasteiger partial charge < -0.3 is 18.9 Å². The molecule has 158 valence electrons. The van der Waals surface area contributed by atoms with E-state index in [1.54, 1.807) is 6.07 Å². The molecule has 0 N–H and O–H groups in total. The summed E-state index contributed by atoms with van der Waals surface area (Å²) in [6.07, 6.45) is 0.813. The minimum atomic E-state index is -0.818. The van der Waals surface area contributed by atoms with Crippen molar-refractivity contribution < 1.29 is 33.5 Å². The maximum absolute atomic E-state index is 12.5. The summed E-state index contributed by atoms with van der Waals surface area (Å²) in [7, 11) is 1.14. The number of hydrogen-bond donors (Lipinski definition) is 0. The number of hydrogen-bond acceptors (Lipinski definition) is 8. The van der Waals surface area contributed by atoms with E-state index < -0.39 is 22.5 Å². The number of nitro groups is 1. The van der Waals surface area contributed by atoms with Crippen molar-refractivity contribution >= 4 is 17.6 Å². The highest BCUT2D eigenvalue weighted by molar-refractivity contribution is 5.96. The molecule has 3 rings (SSSR count). The number of nitrogens with zero attached hydrogens (tertiary/aromatic N) is 1. The van der Waals surface area contributed by atoms with Gasteiger partial charge in [0.2, 0.25) is 0 Å². The molecular weight excluding hydrogens is 394 g/mol. The fraction of sp³-hybridized carbons (Fsp3) is 0.333. The molecule has 0 spiro atoms. The number of methoxy groups -OCH3 is 1. The lowest BCUT2D eigenvalue weighted by atomic mass is 10.1. The van der Waals surface area contributed by atoms with Crippen molar-refractivity contribution in [3.63, 3.8) is 0 Å². The van der Waals surface area contributed by atoms with Crippen molar-refractivity contribution in [3.05, 3.63) is 62.7 Å². The van der Waals surface area contributed by atoms with E-state index in [0.717, 1.165) is 31.2 Å². The molecule has 0 saturated heterocycles. The highest BCUT2D eigenvalue weighted by atomic mass is 16.6. The van der Waals surface area contributed by atoms with Crippen molar-refractivity contribution in [1.29, 1.82) is 0 Å². The molecule has 1 atom stereocenters. The van der Waals surface area contributed by atoms with E-state index in [1.165, 1.54) is 6.07 Å². The van der Waals surface area contributed by atoms with Gasteiger partial charge in [-0.15, -0.1) is 0 Å². The molecule has 0 unspecified atom stereocenters. The zero-order valence-electron chi connectivity index (χ0n) is 16.8. The molecule has 0 radical (unpaired) electrons. The maximum Gasteiger partial charge on any atom is 0.338 e. The summed E-state index contributed by atoms with van der Waals surface area (Å²) in [5.41, 5.74) is 0.959. The zero-order valence-corrected chi connectivity index (χ0v) is 16.8. The van der Waals surface area contributed by atoms with Gasteiger partial charge in [0.25, 0.3) is 5.69 Å². The Morgan fingerprint density at radius 3 is 2.50 bits per heavy atom. The molecule has 0 aromatic heterocycles. The van der Waals surface area contributed by atoms with Crippen LogP contribution in [-0.4, -0.2) is 36.7 Å². The Hall–Kier alpha value is -3.62. The number of fused-ring (bicyclic) bond motifs is 1. The second kappa shape index (κ2) is 8.81. The van der Waals surface area contributed by atoms with Gasteiger partial charge in [0.15, 0.2) is 0 Å². The molecule has 1 aliphatic rings. The fourth-order valence-corrected chi connectivity index (χ4v) is 3.18. The minimum Gasteiger partial charge on any atom is -0.493 e. The predicted molar refractivity (Wildman–Crippen MR) is 105 cm³/mol. The van der Waals surface area contributed by atoms with Crippen LogP contribution in [0.25, 0.3) is 0 Å². The van der Waals surface area contributed by atoms with Gasteiger partial charge in [0.1, 0.15) is 24.2 Å². The Morgan fingerprint density at radius 2 is 1.87 bits per heavy atom. The number of nitro benzene ring substituents is 1. The molecule has 0 saturated carbocycles. The molecule has 0 bridgehead atoms. The topological polar surface area (TPSA) is 114 Å². The Bertz CT molecular complexity index is 1000. The van der Waals surface area contributed by atoms with Crippen LogP contribution < -0.4 is 9.47 Å². The van der Waals surface area contributed by atoms with E-state index >= 15 is 0 Å². The van der Waals surface area contributed by atoms with Gasteiger partial charge in [0.05, 0.1) is 29.8 Å². The molecule has 2 aromatic rings. The van der Waals surface area contributed by atoms with Gasteiger partial charge in [-0.1, -0.05) is 0 Å². The molecule has 1 aliphatic heterocycles. The lowest BCUT2D eigenvalue weighted by molar-refractivity contribution is -0.384. The summed E-state index contributed by atoms with van der Waals surface area (Å²) in [5, 5.41) is 11.1. The van der Waals surface area contributed by atoms with Crippen LogP contribution in [0, 0.1) is 10.1 Å². The van der Waals surface area contributed by atoms with Gasteiger partial charge >= 0.3 is 11.9 Å². The highest BCUT2D eigenvalue weighted by Crippen LogP contribution is 2.35. The zero-order chi connectivity index (χ0) is 21.8. The third-order valence-corrected chi connectivity index (χ3v) is 4.52. The van der Waals surface area contributed by atoms with Crippen molar-refractivity contribution in [3.8, 4) is 11.5 Å². The summed E-state index contributed by atoms with van der Waals surface area (Å²) in [4.78, 5) is 34.8. The Balaban J connectivity index is 1.84. The Kier molecular flexibility index (Phi) is 6.20. The normalized spacial score (nSPS) is 14.4. The van der Waals surface area contributed by atoms with E-state index in [0.29, 0.717) is 23.7 Å². The lowest BCUT2D eigenvalue weighted by Crippen LogP contribution is -2.10. The summed E-state index contributed by atoms with van der Waals surface area (Å²) in [5.74, 6) is -0.325. The first-order valence-corrected chi connectivity index (χ1v) is 9.32. The standard InChI is InChI=1S/C21H21NO8/c1-4-28-18-9-13-5-12(2)30-19(13)10-16(18)11-29-21(24)15-6-14(20(23)27-3)7-17(8-15)22(25)26/h6-10,12H,4-5,11H2,1-3H3/t12-/m0/s1. The summed E-state index contributed by atoms with van der Waals surface area (Å²) in [6, 6.07) is 6.91. The van der Waals surface area contributed by atoms with Crippen LogP contribution in [-0.2, 0) is 22.5 Å². The molecule has 9 heteroatoms. The van der Waals surface area contributed by atoms with Gasteiger partial charge in [-0.05, 0) is 32.0 Å². The summed E-state index contributed by atoms with van der Waals surface area (Å²) in [6.45, 7) is 4.11. The summed E-state index contributed by atoms with van der Waals surface area (Å²) >= 11 is 0. The lowest BCUT2D eigenvalue weighted by Gasteiger charge is -2.13. The van der Waals surface area contributed by atoms with Gasteiger partial charge in [0, 0.05) is 29.7 Å². The van der Waals surface area contributed by atoms with E-state index in [4.69, 9.17) is 14.2 Å². The van der Waals surface area contributed by atoms with Crippen LogP contribution in [0.4, 0.5) is 5.69 Å². The number of carbonyl (C=O) groups excluding carboxylic acids is 2. The number of non-ortho nitro benzene ring substituents is 1. The molecular formula is C21H21NO8. The molecule has 0 aliphatic carbocycles. The van der Waals surface area contributed by atoms with Gasteiger partial charge in [-0.2, -0.15) is 0 Å². The van der Waals surface area contributed by atoms with Crippen molar-refractivity contribution in [2.75, 3.05) is 13.7 Å². The summed E-state index contributed by atoms with van der Waals surface area (Å²) < 4.78 is 21.3. The van der Waals surface area contributed by atoms with Crippen LogP contribution >= 0.6 is 0 Å². The SMILES string of the molecule is CCOc1cc2c(cc1COC(=O)c1cc(C(=O)OC)cc([N+](=O)[O-])c1)O[C@@H](C)C2. The largest absolute Gasteiger partial charge is 0.493 e. The smallest absolute Gasteiger partial charge is 0.338 e. The minimum absolute atomic E-state index is 0.0499. The fourth-order valence-electron chi connectivity index (χ4n) is 3.18. The predicted octanol–water partition coefficient (Wildman–Crippen LogP) is 3.46. The first-order chi connectivity index (χ1) is 14.3. The first kappa shape index (κ1) is 21.1. The number of carbonyl (C=O) groups is 2. The molecule has 0 amide bonds. The van der Waals surface area contributed by atoms with Crippen LogP contribution in [0.3, 0.4) is 0 Å². The van der Waals surface area contributed by atoms with Gasteiger partial charge in [-0.3, -0.25) is 10.1 Å². The van der Waals surface area contributed by atoms with E-state index in [9.17, 15) is 19.7 Å². The second-order valence-electron chi connectivity index (χ2n) is 6.73. The Labute approximate surface area is 172 Å². The van der Waals surface area contributed by atoms with E-state index in [1.807, 2.05) is 19.9 Å². The van der Waals surface area contributed by atoms with Crippen molar-refractivity contribution in [2.24, 2.45) is 0 Å². The van der Waals surface area contributed by atoms with Crippen LogP contribution in [0.5, 0.6) is 11.5 Å². The van der Waals surface area contributed by atoms with Crippen LogP contribution in [0.15, 0.2) is 30.3 Å². The molecule has 1 heterocycles. The van der Waals surface area contributed by atoms with Crippen molar-refractivity contribution in [2.45, 2.75) is 33.0 Å². The van der Waals surface area contributed by atoms with E-state index in [2.05, 4.69) is 4.74 Å². The molecule has 30 heavy (non-hydrogen) atoms. The molecule has 2 aromatic carbocycles. The monoisotopic (exact) mass is 415 g/mol. The van der Waals surface area contributed by atoms with Crippen LogP contribution in [0.2, 0.25) is 0 Å². The Morgan fingerprint density at radius 1 is 1.17 bits per heavy atom. The van der Waals surface area contributed by atoms with Crippen molar-refractivity contribution in [1.82, 2.24) is 0 Å². The number of rotatable bonds is 7. The third-order valence-electron chi connectivity index (χ3n) is 4.52.